The van der Waals surface area contributed by atoms with Crippen molar-refractivity contribution in [3.05, 3.63) is 29.8 Å². The van der Waals surface area contributed by atoms with Gasteiger partial charge >= 0.3 is 0 Å². The summed E-state index contributed by atoms with van der Waals surface area (Å²) in [5.74, 6) is 0.539. The second kappa shape index (κ2) is 6.42. The summed E-state index contributed by atoms with van der Waals surface area (Å²) in [4.78, 5) is 0. The number of hydrogen-bond donors (Lipinski definition) is 0. The van der Waals surface area contributed by atoms with Crippen molar-refractivity contribution < 1.29 is 22.3 Å². The van der Waals surface area contributed by atoms with Crippen LogP contribution in [0.2, 0.25) is 0 Å². The van der Waals surface area contributed by atoms with Crippen LogP contribution in [-0.2, 0) is 26.2 Å². The molecule has 1 rings (SSSR count). The molecule has 0 aliphatic carbocycles. The quantitative estimate of drug-likeness (QED) is 0.739. The van der Waals surface area contributed by atoms with E-state index in [4.69, 9.17) is 4.74 Å². The first kappa shape index (κ1) is 15.3. The third-order valence-corrected chi connectivity index (χ3v) is 5.42. The predicted octanol–water partition coefficient (Wildman–Crippen LogP) is 1.41. The van der Waals surface area contributed by atoms with Gasteiger partial charge in [-0.2, -0.15) is 0 Å². The average Bonchev–Trinajstić information content (AvgIpc) is 2.35. The minimum atomic E-state index is -2.75. The van der Waals surface area contributed by atoms with Gasteiger partial charge in [-0.25, -0.2) is 0 Å². The van der Waals surface area contributed by atoms with E-state index >= 15 is 0 Å². The second-order valence-corrected chi connectivity index (χ2v) is 6.29. The highest BCUT2D eigenvalue weighted by Gasteiger charge is 2.34. The van der Waals surface area contributed by atoms with Crippen molar-refractivity contribution in [1.29, 1.82) is 0 Å². The average molecular weight is 290 g/mol. The van der Waals surface area contributed by atoms with Gasteiger partial charge in [0, 0.05) is 0 Å². The summed E-state index contributed by atoms with van der Waals surface area (Å²) in [7, 11) is 1.48. The van der Waals surface area contributed by atoms with Crippen molar-refractivity contribution in [2.75, 3.05) is 7.11 Å². The van der Waals surface area contributed by atoms with Crippen LogP contribution in [0.25, 0.3) is 0 Å². The molecule has 0 aliphatic rings. The lowest BCUT2D eigenvalue weighted by Gasteiger charge is -2.38. The molecule has 18 heavy (non-hydrogen) atoms. The molecular formula is C11H14O5S2-2. The topological polar surface area (TPSA) is 89.5 Å². The molecule has 2 atom stereocenters. The molecule has 1 aromatic carbocycles. The summed E-state index contributed by atoms with van der Waals surface area (Å²) in [6, 6.07) is 6.00. The SMILES string of the molecule is CCCC(c1ccc(OC)cc1)(S(=O)[O-])S(=O)[O-]. The molecule has 0 saturated carbocycles. The van der Waals surface area contributed by atoms with Gasteiger partial charge in [-0.15, -0.1) is 0 Å². The smallest absolute Gasteiger partial charge is 0.119 e. The van der Waals surface area contributed by atoms with E-state index in [0.29, 0.717) is 12.2 Å². The van der Waals surface area contributed by atoms with Crippen LogP contribution in [0.3, 0.4) is 0 Å². The molecule has 0 bridgehead atoms. The van der Waals surface area contributed by atoms with Gasteiger partial charge in [0.15, 0.2) is 0 Å². The standard InChI is InChI=1S/C11H16O5S2/c1-3-8-11(17(12)13,18(14)15)9-4-6-10(16-2)7-5-9/h4-7H,3,8H2,1-2H3,(H,12,13)(H,14,15)/p-2. The first-order chi connectivity index (χ1) is 8.48. The molecule has 0 spiro atoms. The molecule has 7 heteroatoms. The summed E-state index contributed by atoms with van der Waals surface area (Å²) < 4.78 is 48.6. The Kier molecular flexibility index (Phi) is 5.46. The van der Waals surface area contributed by atoms with Gasteiger partial charge in [0.1, 0.15) is 9.83 Å². The van der Waals surface area contributed by atoms with Gasteiger partial charge in [0.2, 0.25) is 0 Å². The second-order valence-electron chi connectivity index (χ2n) is 3.70. The fourth-order valence-electron chi connectivity index (χ4n) is 1.73. The van der Waals surface area contributed by atoms with Crippen molar-refractivity contribution in [3.8, 4) is 5.75 Å². The fourth-order valence-corrected chi connectivity index (χ4v) is 3.58. The van der Waals surface area contributed by atoms with Gasteiger partial charge < -0.3 is 13.8 Å². The molecule has 0 fully saturated rings. The van der Waals surface area contributed by atoms with E-state index in [-0.39, 0.29) is 12.0 Å². The van der Waals surface area contributed by atoms with E-state index in [1.807, 2.05) is 0 Å². The van der Waals surface area contributed by atoms with Crippen molar-refractivity contribution in [2.45, 2.75) is 23.8 Å². The zero-order chi connectivity index (χ0) is 13.8. The van der Waals surface area contributed by atoms with Gasteiger partial charge in [-0.05, 0) is 46.3 Å². The molecule has 1 aromatic rings. The highest BCUT2D eigenvalue weighted by Crippen LogP contribution is 2.36. The minimum Gasteiger partial charge on any atom is -0.771 e. The van der Waals surface area contributed by atoms with E-state index in [0.717, 1.165) is 0 Å². The molecule has 2 unspecified atom stereocenters. The van der Waals surface area contributed by atoms with Gasteiger partial charge in [-0.3, -0.25) is 8.42 Å². The summed E-state index contributed by atoms with van der Waals surface area (Å²) in [5, 5.41) is 0. The van der Waals surface area contributed by atoms with Crippen molar-refractivity contribution in [2.24, 2.45) is 0 Å². The maximum absolute atomic E-state index is 11.4. The Morgan fingerprint density at radius 1 is 1.17 bits per heavy atom. The lowest BCUT2D eigenvalue weighted by molar-refractivity contribution is 0.414. The predicted molar refractivity (Wildman–Crippen MR) is 67.4 cm³/mol. The Balaban J connectivity index is 3.31. The lowest BCUT2D eigenvalue weighted by Crippen LogP contribution is -2.36. The number of hydrogen-bond acceptors (Lipinski definition) is 5. The first-order valence-electron chi connectivity index (χ1n) is 5.32. The maximum atomic E-state index is 11.4. The summed E-state index contributed by atoms with van der Waals surface area (Å²) in [6.07, 6.45) is 0.458. The lowest BCUT2D eigenvalue weighted by atomic mass is 10.1. The number of rotatable bonds is 6. The fraction of sp³-hybridized carbons (Fsp3) is 0.455. The van der Waals surface area contributed by atoms with Gasteiger partial charge in [0.25, 0.3) is 0 Å². The van der Waals surface area contributed by atoms with Crippen LogP contribution in [0.1, 0.15) is 25.3 Å². The van der Waals surface area contributed by atoms with Gasteiger partial charge in [0.05, 0.1) is 7.11 Å². The molecular weight excluding hydrogens is 276 g/mol. The van der Waals surface area contributed by atoms with Crippen molar-refractivity contribution >= 4 is 22.2 Å². The Labute approximate surface area is 111 Å². The van der Waals surface area contributed by atoms with Crippen LogP contribution in [0.4, 0.5) is 0 Å². The third-order valence-electron chi connectivity index (χ3n) is 2.65. The zero-order valence-electron chi connectivity index (χ0n) is 10.1. The Hall–Kier alpha value is -0.760. The van der Waals surface area contributed by atoms with Crippen molar-refractivity contribution in [1.82, 2.24) is 0 Å². The van der Waals surface area contributed by atoms with Crippen LogP contribution in [0.15, 0.2) is 24.3 Å². The van der Waals surface area contributed by atoms with Gasteiger partial charge in [-0.1, -0.05) is 25.5 Å². The Bertz CT molecular complexity index is 429. The maximum Gasteiger partial charge on any atom is 0.119 e. The molecule has 0 aliphatic heterocycles. The Morgan fingerprint density at radius 2 is 1.67 bits per heavy atom. The number of methoxy groups -OCH3 is 1. The first-order valence-corrected chi connectivity index (χ1v) is 7.47. The van der Waals surface area contributed by atoms with E-state index in [1.165, 1.54) is 19.2 Å². The summed E-state index contributed by atoms with van der Waals surface area (Å²) in [5.41, 5.74) is 0.229. The van der Waals surface area contributed by atoms with E-state index in [9.17, 15) is 17.5 Å². The Morgan fingerprint density at radius 3 is 2.00 bits per heavy atom. The third kappa shape index (κ3) is 2.80. The van der Waals surface area contributed by atoms with Crippen LogP contribution in [0, 0.1) is 0 Å². The zero-order valence-corrected chi connectivity index (χ0v) is 11.7. The van der Waals surface area contributed by atoms with Crippen LogP contribution in [0.5, 0.6) is 5.75 Å². The van der Waals surface area contributed by atoms with Crippen molar-refractivity contribution in [3.63, 3.8) is 0 Å². The molecule has 0 aromatic heterocycles. The highest BCUT2D eigenvalue weighted by atomic mass is 32.3. The molecule has 5 nitrogen and oxygen atoms in total. The minimum absolute atomic E-state index is 0.0194. The normalized spacial score (nSPS) is 17.8. The molecule has 0 amide bonds. The molecule has 0 radical (unpaired) electrons. The highest BCUT2D eigenvalue weighted by molar-refractivity contribution is 7.98. The summed E-state index contributed by atoms with van der Waals surface area (Å²) >= 11 is -5.51. The molecule has 0 saturated heterocycles. The molecule has 102 valence electrons. The monoisotopic (exact) mass is 290 g/mol. The van der Waals surface area contributed by atoms with Crippen LogP contribution < -0.4 is 4.74 Å². The van der Waals surface area contributed by atoms with E-state index < -0.39 is 26.2 Å². The van der Waals surface area contributed by atoms with Crippen LogP contribution in [-0.4, -0.2) is 24.6 Å². The molecule has 0 N–H and O–H groups in total. The number of ether oxygens (including phenoxy) is 1. The molecule has 0 heterocycles. The summed E-state index contributed by atoms with van der Waals surface area (Å²) in [6.45, 7) is 1.73. The largest absolute Gasteiger partial charge is 0.771 e. The van der Waals surface area contributed by atoms with Crippen LogP contribution >= 0.6 is 0 Å². The number of benzene rings is 1. The van der Waals surface area contributed by atoms with E-state index in [1.54, 1.807) is 19.1 Å². The van der Waals surface area contributed by atoms with E-state index in [2.05, 4.69) is 0 Å².